The number of nitrogens with zero attached hydrogens (tertiary/aromatic N) is 3. The lowest BCUT2D eigenvalue weighted by molar-refractivity contribution is 0.109. The number of rotatable bonds is 2. The molecule has 0 bridgehead atoms. The molecule has 25 heavy (non-hydrogen) atoms. The zero-order chi connectivity index (χ0) is 17.4. The molecular weight excluding hydrogens is 312 g/mol. The monoisotopic (exact) mass is 334 g/mol. The van der Waals surface area contributed by atoms with E-state index >= 15 is 0 Å². The number of aryl methyl sites for hydroxylation is 1. The number of hydrogen-bond donors (Lipinski definition) is 1. The molecule has 1 saturated heterocycles. The third-order valence-electron chi connectivity index (χ3n) is 5.19. The Labute approximate surface area is 148 Å². The van der Waals surface area contributed by atoms with Gasteiger partial charge in [-0.25, -0.2) is 4.98 Å². The van der Waals surface area contributed by atoms with E-state index in [4.69, 9.17) is 10.5 Å². The summed E-state index contributed by atoms with van der Waals surface area (Å²) in [7, 11) is 0. The number of aromatic nitrogens is 1. The topological polar surface area (TPSA) is 75.2 Å². The van der Waals surface area contributed by atoms with Crippen LogP contribution in [0.2, 0.25) is 0 Å². The Hall–Kier alpha value is -2.58. The number of nitriles is 1. The number of fused-ring (bicyclic) bond motifs is 1. The average molecular weight is 334 g/mol. The van der Waals surface area contributed by atoms with Crippen molar-refractivity contribution in [2.75, 3.05) is 30.3 Å². The number of anilines is 2. The fourth-order valence-corrected chi connectivity index (χ4v) is 3.95. The molecular formula is C20H22N4O. The molecule has 5 nitrogen and oxygen atoms in total. The van der Waals surface area contributed by atoms with Crippen LogP contribution >= 0.6 is 0 Å². The molecule has 128 valence electrons. The fraction of sp³-hybridized carbons (Fsp3) is 0.400. The number of pyridine rings is 1. The summed E-state index contributed by atoms with van der Waals surface area (Å²) >= 11 is 0. The molecule has 0 atom stereocenters. The van der Waals surface area contributed by atoms with E-state index in [0.717, 1.165) is 41.9 Å². The van der Waals surface area contributed by atoms with Crippen molar-refractivity contribution >= 4 is 11.5 Å². The second kappa shape index (κ2) is 6.38. The van der Waals surface area contributed by atoms with Gasteiger partial charge in [-0.15, -0.1) is 0 Å². The van der Waals surface area contributed by atoms with E-state index < -0.39 is 0 Å². The molecule has 0 unspecified atom stereocenters. The number of nitrogens with two attached hydrogens (primary N) is 1. The van der Waals surface area contributed by atoms with Crippen LogP contribution in [0.15, 0.2) is 18.2 Å². The van der Waals surface area contributed by atoms with Gasteiger partial charge in [0.1, 0.15) is 17.5 Å². The van der Waals surface area contributed by atoms with E-state index in [1.807, 2.05) is 0 Å². The van der Waals surface area contributed by atoms with Crippen LogP contribution in [0.5, 0.6) is 0 Å². The third kappa shape index (κ3) is 2.73. The molecule has 0 spiro atoms. The molecule has 2 aliphatic rings. The Morgan fingerprint density at radius 2 is 2.08 bits per heavy atom. The van der Waals surface area contributed by atoms with Crippen LogP contribution in [0.1, 0.15) is 35.2 Å². The summed E-state index contributed by atoms with van der Waals surface area (Å²) in [6.07, 6.45) is 3.25. The van der Waals surface area contributed by atoms with Gasteiger partial charge in [-0.3, -0.25) is 0 Å². The third-order valence-corrected chi connectivity index (χ3v) is 5.19. The number of nitrogen functional groups attached to an aromatic ring is 1. The van der Waals surface area contributed by atoms with E-state index in [2.05, 4.69) is 41.1 Å². The highest BCUT2D eigenvalue weighted by molar-refractivity contribution is 5.80. The van der Waals surface area contributed by atoms with Gasteiger partial charge in [0.25, 0.3) is 0 Å². The first kappa shape index (κ1) is 15.9. The molecule has 1 aromatic heterocycles. The zero-order valence-electron chi connectivity index (χ0n) is 14.5. The van der Waals surface area contributed by atoms with Gasteiger partial charge in [0.2, 0.25) is 0 Å². The molecule has 5 heteroatoms. The summed E-state index contributed by atoms with van der Waals surface area (Å²) in [5.41, 5.74) is 12.9. The molecule has 0 aliphatic carbocycles. The Morgan fingerprint density at radius 1 is 1.28 bits per heavy atom. The highest BCUT2D eigenvalue weighted by Gasteiger charge is 2.23. The molecule has 3 heterocycles. The van der Waals surface area contributed by atoms with Gasteiger partial charge in [-0.2, -0.15) is 5.26 Å². The van der Waals surface area contributed by atoms with Crippen LogP contribution < -0.4 is 10.6 Å². The van der Waals surface area contributed by atoms with Crippen molar-refractivity contribution in [1.29, 1.82) is 5.26 Å². The van der Waals surface area contributed by atoms with Crippen molar-refractivity contribution < 1.29 is 4.74 Å². The highest BCUT2D eigenvalue weighted by Crippen LogP contribution is 2.36. The smallest absolute Gasteiger partial charge is 0.142 e. The van der Waals surface area contributed by atoms with Gasteiger partial charge in [-0.1, -0.05) is 6.07 Å². The molecule has 2 aliphatic heterocycles. The number of hydrogen-bond acceptors (Lipinski definition) is 5. The van der Waals surface area contributed by atoms with E-state index in [9.17, 15) is 5.26 Å². The van der Waals surface area contributed by atoms with Crippen LogP contribution in [0.3, 0.4) is 0 Å². The van der Waals surface area contributed by atoms with E-state index in [1.54, 1.807) is 0 Å². The van der Waals surface area contributed by atoms with Crippen molar-refractivity contribution in [3.63, 3.8) is 0 Å². The van der Waals surface area contributed by atoms with Crippen LogP contribution in [-0.2, 0) is 17.8 Å². The lowest BCUT2D eigenvalue weighted by atomic mass is 9.91. The van der Waals surface area contributed by atoms with Gasteiger partial charge in [0.05, 0.1) is 18.9 Å². The standard InChI is InChI=1S/C20H22N4O/c1-13-10-14(4-5-18(13)24-7-2-3-8-24)19-15(11-21)20(22)23-17-6-9-25-12-16(17)19/h4-5,10H,2-3,6-9,12H2,1H3,(H2,22,23). The molecule has 2 aromatic rings. The first-order valence-electron chi connectivity index (χ1n) is 8.84. The summed E-state index contributed by atoms with van der Waals surface area (Å²) in [6.45, 7) is 5.51. The second-order valence-corrected chi connectivity index (χ2v) is 6.78. The average Bonchev–Trinajstić information content (AvgIpc) is 3.14. The van der Waals surface area contributed by atoms with E-state index in [1.165, 1.54) is 24.1 Å². The molecule has 4 rings (SSSR count). The predicted octanol–water partition coefficient (Wildman–Crippen LogP) is 3.18. The molecule has 0 radical (unpaired) electrons. The predicted molar refractivity (Wildman–Crippen MR) is 98.3 cm³/mol. The molecule has 2 N–H and O–H groups in total. The minimum absolute atomic E-state index is 0.319. The van der Waals surface area contributed by atoms with Crippen LogP contribution in [0, 0.1) is 18.3 Å². The summed E-state index contributed by atoms with van der Waals surface area (Å²) in [6, 6.07) is 8.69. The first-order valence-corrected chi connectivity index (χ1v) is 8.84. The van der Waals surface area contributed by atoms with E-state index in [0.29, 0.717) is 24.6 Å². The fourth-order valence-electron chi connectivity index (χ4n) is 3.95. The lowest BCUT2D eigenvalue weighted by Crippen LogP contribution is -2.19. The SMILES string of the molecule is Cc1cc(-c2c(C#N)c(N)nc3c2COCC3)ccc1N1CCCC1. The molecule has 1 fully saturated rings. The summed E-state index contributed by atoms with van der Waals surface area (Å²) in [5, 5.41) is 9.64. The van der Waals surface area contributed by atoms with Crippen LogP contribution in [0.4, 0.5) is 11.5 Å². The Morgan fingerprint density at radius 3 is 2.80 bits per heavy atom. The molecule has 0 amide bonds. The zero-order valence-corrected chi connectivity index (χ0v) is 14.5. The highest BCUT2D eigenvalue weighted by atomic mass is 16.5. The van der Waals surface area contributed by atoms with Crippen molar-refractivity contribution in [3.8, 4) is 17.2 Å². The van der Waals surface area contributed by atoms with Crippen molar-refractivity contribution in [3.05, 3.63) is 40.6 Å². The first-order chi connectivity index (χ1) is 12.2. The Bertz CT molecular complexity index is 863. The normalized spacial score (nSPS) is 16.6. The van der Waals surface area contributed by atoms with Crippen LogP contribution in [0.25, 0.3) is 11.1 Å². The maximum atomic E-state index is 9.64. The Kier molecular flexibility index (Phi) is 4.06. The maximum Gasteiger partial charge on any atom is 0.142 e. The summed E-state index contributed by atoms with van der Waals surface area (Å²) < 4.78 is 5.63. The minimum Gasteiger partial charge on any atom is -0.383 e. The van der Waals surface area contributed by atoms with E-state index in [-0.39, 0.29) is 0 Å². The van der Waals surface area contributed by atoms with Gasteiger partial charge in [0, 0.05) is 36.3 Å². The van der Waals surface area contributed by atoms with Crippen molar-refractivity contribution in [2.24, 2.45) is 0 Å². The van der Waals surface area contributed by atoms with Gasteiger partial charge >= 0.3 is 0 Å². The number of benzene rings is 1. The van der Waals surface area contributed by atoms with Gasteiger partial charge in [-0.05, 0) is 43.0 Å². The maximum absolute atomic E-state index is 9.64. The van der Waals surface area contributed by atoms with Crippen LogP contribution in [-0.4, -0.2) is 24.7 Å². The second-order valence-electron chi connectivity index (χ2n) is 6.78. The molecule has 1 aromatic carbocycles. The quantitative estimate of drug-likeness (QED) is 0.913. The largest absolute Gasteiger partial charge is 0.383 e. The number of ether oxygens (including phenoxy) is 1. The molecule has 0 saturated carbocycles. The minimum atomic E-state index is 0.319. The Balaban J connectivity index is 1.85. The van der Waals surface area contributed by atoms with Gasteiger partial charge < -0.3 is 15.4 Å². The van der Waals surface area contributed by atoms with Crippen molar-refractivity contribution in [2.45, 2.75) is 32.8 Å². The summed E-state index contributed by atoms with van der Waals surface area (Å²) in [5.74, 6) is 0.319. The summed E-state index contributed by atoms with van der Waals surface area (Å²) in [4.78, 5) is 6.88. The van der Waals surface area contributed by atoms with Gasteiger partial charge in [0.15, 0.2) is 0 Å². The lowest BCUT2D eigenvalue weighted by Gasteiger charge is -2.23. The van der Waals surface area contributed by atoms with Crippen molar-refractivity contribution in [1.82, 2.24) is 4.98 Å².